The molecule has 0 spiro atoms. The van der Waals surface area contributed by atoms with Crippen LogP contribution in [0.4, 0.5) is 0 Å². The zero-order valence-electron chi connectivity index (χ0n) is 9.97. The van der Waals surface area contributed by atoms with Gasteiger partial charge < -0.3 is 5.32 Å². The summed E-state index contributed by atoms with van der Waals surface area (Å²) in [6, 6.07) is 4.51. The van der Waals surface area contributed by atoms with Crippen molar-refractivity contribution in [2.75, 3.05) is 26.2 Å². The van der Waals surface area contributed by atoms with E-state index in [4.69, 9.17) is 0 Å². The van der Waals surface area contributed by atoms with Gasteiger partial charge in [-0.1, -0.05) is 0 Å². The largest absolute Gasteiger partial charge is 0.370 e. The first kappa shape index (κ1) is 10.7. The topological polar surface area (TPSA) is 40.5 Å². The van der Waals surface area contributed by atoms with Crippen molar-refractivity contribution in [3.63, 3.8) is 0 Å². The van der Waals surface area contributed by atoms with Crippen LogP contribution in [-0.4, -0.2) is 41.9 Å². The smallest absolute Gasteiger partial charge is 0.119 e. The summed E-state index contributed by atoms with van der Waals surface area (Å²) in [6.45, 7) is 4.23. The van der Waals surface area contributed by atoms with Crippen LogP contribution in [0.15, 0.2) is 29.5 Å². The van der Waals surface area contributed by atoms with E-state index in [1.165, 1.54) is 31.5 Å². The van der Waals surface area contributed by atoms with Gasteiger partial charge >= 0.3 is 0 Å². The Kier molecular flexibility index (Phi) is 3.05. The quantitative estimate of drug-likeness (QED) is 0.849. The van der Waals surface area contributed by atoms with E-state index < -0.39 is 0 Å². The van der Waals surface area contributed by atoms with Crippen LogP contribution >= 0.6 is 0 Å². The first-order valence-corrected chi connectivity index (χ1v) is 6.37. The predicted molar refractivity (Wildman–Crippen MR) is 68.1 cm³/mol. The summed E-state index contributed by atoms with van der Waals surface area (Å²) in [5.74, 6) is 1.14. The molecule has 2 aliphatic rings. The molecule has 0 saturated carbocycles. The second-order valence-electron chi connectivity index (χ2n) is 4.62. The highest BCUT2D eigenvalue weighted by Gasteiger charge is 2.28. The van der Waals surface area contributed by atoms with E-state index in [0.717, 1.165) is 18.9 Å². The third kappa shape index (κ3) is 2.17. The maximum atomic E-state index is 4.60. The van der Waals surface area contributed by atoms with Crippen molar-refractivity contribution in [2.24, 2.45) is 4.99 Å². The third-order valence-corrected chi connectivity index (χ3v) is 3.49. The van der Waals surface area contributed by atoms with E-state index in [-0.39, 0.29) is 0 Å². The average molecular weight is 230 g/mol. The fourth-order valence-corrected chi connectivity index (χ4v) is 2.69. The minimum absolute atomic E-state index is 0.308. The van der Waals surface area contributed by atoms with Crippen molar-refractivity contribution < 1.29 is 0 Å². The minimum atomic E-state index is 0.308. The van der Waals surface area contributed by atoms with Crippen LogP contribution in [0.25, 0.3) is 0 Å². The molecule has 2 aliphatic heterocycles. The summed E-state index contributed by atoms with van der Waals surface area (Å²) in [4.78, 5) is 11.2. The number of aliphatic imine (C=N–C) groups is 1. The number of nitrogens with zero attached hydrogens (tertiary/aromatic N) is 3. The van der Waals surface area contributed by atoms with Crippen LogP contribution in [0.3, 0.4) is 0 Å². The van der Waals surface area contributed by atoms with Gasteiger partial charge in [0.05, 0.1) is 12.6 Å². The lowest BCUT2D eigenvalue weighted by atomic mass is 10.1. The van der Waals surface area contributed by atoms with Crippen molar-refractivity contribution in [1.82, 2.24) is 15.2 Å². The van der Waals surface area contributed by atoms with Crippen LogP contribution in [0.2, 0.25) is 0 Å². The molecule has 1 aromatic rings. The second kappa shape index (κ2) is 4.84. The number of likely N-dealkylation sites (tertiary alicyclic amines) is 1. The SMILES string of the molecule is c1cc(C(C2=NCCN2)N2CCCC2)ccn1. The third-order valence-electron chi connectivity index (χ3n) is 3.49. The first-order chi connectivity index (χ1) is 8.45. The second-order valence-corrected chi connectivity index (χ2v) is 4.62. The van der Waals surface area contributed by atoms with Crippen LogP contribution in [0, 0.1) is 0 Å². The molecule has 1 N–H and O–H groups in total. The minimum Gasteiger partial charge on any atom is -0.370 e. The summed E-state index contributed by atoms with van der Waals surface area (Å²) in [5.41, 5.74) is 1.30. The fourth-order valence-electron chi connectivity index (χ4n) is 2.69. The summed E-state index contributed by atoms with van der Waals surface area (Å²) in [5, 5.41) is 3.42. The maximum Gasteiger partial charge on any atom is 0.119 e. The van der Waals surface area contributed by atoms with E-state index in [9.17, 15) is 0 Å². The molecule has 0 aromatic carbocycles. The number of pyridine rings is 1. The first-order valence-electron chi connectivity index (χ1n) is 6.37. The molecule has 0 bridgehead atoms. The zero-order valence-corrected chi connectivity index (χ0v) is 9.97. The van der Waals surface area contributed by atoms with E-state index in [1.807, 2.05) is 12.4 Å². The number of amidine groups is 1. The van der Waals surface area contributed by atoms with Crippen LogP contribution < -0.4 is 5.32 Å². The zero-order chi connectivity index (χ0) is 11.5. The van der Waals surface area contributed by atoms with Gasteiger partial charge in [-0.2, -0.15) is 0 Å². The standard InChI is InChI=1S/C13H18N4/c1-2-10-17(9-1)12(13-15-7-8-16-13)11-3-5-14-6-4-11/h3-6,12H,1-2,7-10H2,(H,15,16). The number of aromatic nitrogens is 1. The summed E-state index contributed by atoms with van der Waals surface area (Å²) < 4.78 is 0. The van der Waals surface area contributed by atoms with Gasteiger partial charge in [-0.15, -0.1) is 0 Å². The molecule has 1 atom stereocenters. The van der Waals surface area contributed by atoms with Crippen molar-refractivity contribution in [1.29, 1.82) is 0 Å². The number of hydrogen-bond acceptors (Lipinski definition) is 4. The Balaban J connectivity index is 1.90. The van der Waals surface area contributed by atoms with Gasteiger partial charge in [-0.25, -0.2) is 0 Å². The Morgan fingerprint density at radius 1 is 1.18 bits per heavy atom. The molecule has 0 amide bonds. The fraction of sp³-hybridized carbons (Fsp3) is 0.538. The highest BCUT2D eigenvalue weighted by Crippen LogP contribution is 2.26. The monoisotopic (exact) mass is 230 g/mol. The Hall–Kier alpha value is -1.42. The number of rotatable bonds is 3. The van der Waals surface area contributed by atoms with Gasteiger partial charge in [-0.3, -0.25) is 14.9 Å². The Labute approximate surface area is 102 Å². The predicted octanol–water partition coefficient (Wildman–Crippen LogP) is 1.22. The molecule has 1 fully saturated rings. The average Bonchev–Trinajstić information content (AvgIpc) is 3.04. The maximum absolute atomic E-state index is 4.60. The van der Waals surface area contributed by atoms with Crippen molar-refractivity contribution in [3.05, 3.63) is 30.1 Å². The normalized spacial score (nSPS) is 22.2. The van der Waals surface area contributed by atoms with E-state index in [0.29, 0.717) is 6.04 Å². The molecule has 90 valence electrons. The highest BCUT2D eigenvalue weighted by molar-refractivity contribution is 5.89. The number of hydrogen-bond donors (Lipinski definition) is 1. The van der Waals surface area contributed by atoms with Gasteiger partial charge in [0.2, 0.25) is 0 Å². The lowest BCUT2D eigenvalue weighted by Gasteiger charge is -2.27. The molecule has 3 rings (SSSR count). The van der Waals surface area contributed by atoms with Gasteiger partial charge in [0.15, 0.2) is 0 Å². The Morgan fingerprint density at radius 3 is 2.59 bits per heavy atom. The molecule has 3 heterocycles. The molecule has 1 saturated heterocycles. The van der Waals surface area contributed by atoms with Gasteiger partial charge in [0, 0.05) is 18.9 Å². The Bertz CT molecular complexity index is 395. The Morgan fingerprint density at radius 2 is 1.94 bits per heavy atom. The molecule has 0 radical (unpaired) electrons. The lowest BCUT2D eigenvalue weighted by molar-refractivity contribution is 0.301. The molecule has 4 nitrogen and oxygen atoms in total. The molecular weight excluding hydrogens is 212 g/mol. The van der Waals surface area contributed by atoms with E-state index in [2.05, 4.69) is 32.3 Å². The highest BCUT2D eigenvalue weighted by atomic mass is 15.2. The molecule has 1 unspecified atom stereocenters. The number of nitrogens with one attached hydrogen (secondary N) is 1. The van der Waals surface area contributed by atoms with Gasteiger partial charge in [-0.05, 0) is 43.6 Å². The van der Waals surface area contributed by atoms with Crippen LogP contribution in [0.5, 0.6) is 0 Å². The summed E-state index contributed by atoms with van der Waals surface area (Å²) in [7, 11) is 0. The van der Waals surface area contributed by atoms with Gasteiger partial charge in [0.1, 0.15) is 5.84 Å². The van der Waals surface area contributed by atoms with Crippen molar-refractivity contribution in [2.45, 2.75) is 18.9 Å². The molecule has 1 aromatic heterocycles. The van der Waals surface area contributed by atoms with E-state index in [1.54, 1.807) is 0 Å². The molecule has 0 aliphatic carbocycles. The molecule has 4 heteroatoms. The van der Waals surface area contributed by atoms with Crippen molar-refractivity contribution in [3.8, 4) is 0 Å². The van der Waals surface area contributed by atoms with Gasteiger partial charge in [0.25, 0.3) is 0 Å². The summed E-state index contributed by atoms with van der Waals surface area (Å²) in [6.07, 6.45) is 6.34. The lowest BCUT2D eigenvalue weighted by Crippen LogP contribution is -2.37. The van der Waals surface area contributed by atoms with Crippen molar-refractivity contribution >= 4 is 5.84 Å². The van der Waals surface area contributed by atoms with Crippen LogP contribution in [0.1, 0.15) is 24.4 Å². The molecular formula is C13H18N4. The summed E-state index contributed by atoms with van der Waals surface area (Å²) >= 11 is 0. The molecule has 17 heavy (non-hydrogen) atoms. The van der Waals surface area contributed by atoms with Crippen LogP contribution in [-0.2, 0) is 0 Å². The van der Waals surface area contributed by atoms with E-state index >= 15 is 0 Å².